The highest BCUT2D eigenvalue weighted by Crippen LogP contribution is 2.15. The molecular formula is C13H22N2O2. The molecule has 96 valence electrons. The predicted molar refractivity (Wildman–Crippen MR) is 68.2 cm³/mol. The van der Waals surface area contributed by atoms with Crippen molar-refractivity contribution >= 4 is 0 Å². The van der Waals surface area contributed by atoms with Gasteiger partial charge >= 0.3 is 0 Å². The fraction of sp³-hybridized carbons (Fsp3) is 0.615. The van der Waals surface area contributed by atoms with Crippen molar-refractivity contribution in [3.05, 3.63) is 23.9 Å². The van der Waals surface area contributed by atoms with Crippen molar-refractivity contribution < 1.29 is 9.47 Å². The molecule has 0 spiro atoms. The highest BCUT2D eigenvalue weighted by Gasteiger charge is 2.05. The summed E-state index contributed by atoms with van der Waals surface area (Å²) in [5.41, 5.74) is 1.10. The Bertz CT molecular complexity index is 316. The second-order valence-electron chi connectivity index (χ2n) is 4.16. The van der Waals surface area contributed by atoms with E-state index in [0.29, 0.717) is 0 Å². The topological polar surface area (TPSA) is 43.4 Å². The maximum Gasteiger partial charge on any atom is 0.218 e. The van der Waals surface area contributed by atoms with E-state index in [1.54, 1.807) is 13.3 Å². The SMILES string of the molecule is COCCCNCc1cccnc1OC(C)C. The Kier molecular flexibility index (Phi) is 6.58. The molecule has 0 aromatic carbocycles. The van der Waals surface area contributed by atoms with Crippen LogP contribution in [0.2, 0.25) is 0 Å². The van der Waals surface area contributed by atoms with Gasteiger partial charge in [-0.3, -0.25) is 0 Å². The quantitative estimate of drug-likeness (QED) is 0.703. The fourth-order valence-corrected chi connectivity index (χ4v) is 1.45. The van der Waals surface area contributed by atoms with Crippen LogP contribution in [0.15, 0.2) is 18.3 Å². The normalized spacial score (nSPS) is 10.8. The predicted octanol–water partition coefficient (Wildman–Crippen LogP) is 1.99. The van der Waals surface area contributed by atoms with Gasteiger partial charge in [0.2, 0.25) is 5.88 Å². The first-order valence-corrected chi connectivity index (χ1v) is 6.04. The van der Waals surface area contributed by atoms with E-state index in [-0.39, 0.29) is 6.10 Å². The lowest BCUT2D eigenvalue weighted by molar-refractivity contribution is 0.194. The van der Waals surface area contributed by atoms with E-state index in [1.165, 1.54) is 0 Å². The minimum atomic E-state index is 0.150. The first-order chi connectivity index (χ1) is 8.24. The van der Waals surface area contributed by atoms with Crippen molar-refractivity contribution in [1.29, 1.82) is 0 Å². The lowest BCUT2D eigenvalue weighted by Gasteiger charge is -2.13. The summed E-state index contributed by atoms with van der Waals surface area (Å²) in [6.07, 6.45) is 2.92. The molecule has 1 N–H and O–H groups in total. The van der Waals surface area contributed by atoms with Gasteiger partial charge in [0.05, 0.1) is 6.10 Å². The molecule has 17 heavy (non-hydrogen) atoms. The van der Waals surface area contributed by atoms with Gasteiger partial charge in [0, 0.05) is 32.0 Å². The van der Waals surface area contributed by atoms with Gasteiger partial charge in [-0.1, -0.05) is 6.07 Å². The lowest BCUT2D eigenvalue weighted by atomic mass is 10.2. The Labute approximate surface area is 103 Å². The van der Waals surface area contributed by atoms with Crippen molar-refractivity contribution in [3.8, 4) is 5.88 Å². The summed E-state index contributed by atoms with van der Waals surface area (Å²) in [6.45, 7) is 6.51. The van der Waals surface area contributed by atoms with Crippen LogP contribution in [0.25, 0.3) is 0 Å². The van der Waals surface area contributed by atoms with Crippen molar-refractivity contribution in [1.82, 2.24) is 10.3 Å². The number of ether oxygens (including phenoxy) is 2. The third-order valence-corrected chi connectivity index (χ3v) is 2.21. The molecular weight excluding hydrogens is 216 g/mol. The van der Waals surface area contributed by atoms with Crippen LogP contribution in [-0.4, -0.2) is 31.3 Å². The Morgan fingerprint density at radius 3 is 2.94 bits per heavy atom. The summed E-state index contributed by atoms with van der Waals surface area (Å²) in [5, 5.41) is 3.35. The molecule has 4 nitrogen and oxygen atoms in total. The Morgan fingerprint density at radius 1 is 1.41 bits per heavy atom. The molecule has 0 unspecified atom stereocenters. The van der Waals surface area contributed by atoms with E-state index < -0.39 is 0 Å². The van der Waals surface area contributed by atoms with Crippen molar-refractivity contribution in [2.24, 2.45) is 0 Å². The molecule has 0 saturated heterocycles. The number of hydrogen-bond acceptors (Lipinski definition) is 4. The Hall–Kier alpha value is -1.13. The summed E-state index contributed by atoms with van der Waals surface area (Å²) < 4.78 is 10.6. The van der Waals surface area contributed by atoms with Gasteiger partial charge in [0.15, 0.2) is 0 Å². The number of pyridine rings is 1. The molecule has 0 radical (unpaired) electrons. The largest absolute Gasteiger partial charge is 0.475 e. The minimum Gasteiger partial charge on any atom is -0.475 e. The monoisotopic (exact) mass is 238 g/mol. The molecule has 0 aliphatic heterocycles. The van der Waals surface area contributed by atoms with Crippen LogP contribution in [0.5, 0.6) is 5.88 Å². The highest BCUT2D eigenvalue weighted by atomic mass is 16.5. The van der Waals surface area contributed by atoms with Gasteiger partial charge < -0.3 is 14.8 Å². The summed E-state index contributed by atoms with van der Waals surface area (Å²) in [7, 11) is 1.72. The molecule has 0 bridgehead atoms. The van der Waals surface area contributed by atoms with Gasteiger partial charge in [-0.15, -0.1) is 0 Å². The van der Waals surface area contributed by atoms with Gasteiger partial charge in [0.1, 0.15) is 0 Å². The molecule has 0 fully saturated rings. The van der Waals surface area contributed by atoms with Crippen molar-refractivity contribution in [3.63, 3.8) is 0 Å². The molecule has 0 aliphatic rings. The first kappa shape index (κ1) is 13.9. The third-order valence-electron chi connectivity index (χ3n) is 2.21. The molecule has 0 atom stereocenters. The second-order valence-corrected chi connectivity index (χ2v) is 4.16. The molecule has 1 rings (SSSR count). The van der Waals surface area contributed by atoms with Crippen LogP contribution in [0.3, 0.4) is 0 Å². The summed E-state index contributed by atoms with van der Waals surface area (Å²) in [5.74, 6) is 0.724. The molecule has 0 aliphatic carbocycles. The summed E-state index contributed by atoms with van der Waals surface area (Å²) >= 11 is 0. The van der Waals surface area contributed by atoms with Crippen LogP contribution >= 0.6 is 0 Å². The van der Waals surface area contributed by atoms with Crippen LogP contribution in [0.1, 0.15) is 25.8 Å². The third kappa shape index (κ3) is 5.65. The maximum absolute atomic E-state index is 5.65. The minimum absolute atomic E-state index is 0.150. The standard InChI is InChI=1S/C13H22N2O2/c1-11(2)17-13-12(6-4-8-15-13)10-14-7-5-9-16-3/h4,6,8,11,14H,5,7,9-10H2,1-3H3. The average molecular weight is 238 g/mol. The molecule has 0 saturated carbocycles. The molecule has 1 heterocycles. The highest BCUT2D eigenvalue weighted by molar-refractivity contribution is 5.25. The molecule has 1 aromatic heterocycles. The van der Waals surface area contributed by atoms with E-state index in [1.807, 2.05) is 26.0 Å². The number of hydrogen-bond donors (Lipinski definition) is 1. The van der Waals surface area contributed by atoms with Crippen molar-refractivity contribution in [2.75, 3.05) is 20.3 Å². The number of aromatic nitrogens is 1. The zero-order valence-electron chi connectivity index (χ0n) is 10.9. The van der Waals surface area contributed by atoms with Crippen LogP contribution in [0.4, 0.5) is 0 Å². The smallest absolute Gasteiger partial charge is 0.218 e. The van der Waals surface area contributed by atoms with Gasteiger partial charge in [-0.05, 0) is 32.9 Å². The van der Waals surface area contributed by atoms with Gasteiger partial charge in [0.25, 0.3) is 0 Å². The number of rotatable bonds is 8. The van der Waals surface area contributed by atoms with Gasteiger partial charge in [-0.25, -0.2) is 4.98 Å². The first-order valence-electron chi connectivity index (χ1n) is 6.04. The molecule has 4 heteroatoms. The zero-order chi connectivity index (χ0) is 12.5. The van der Waals surface area contributed by atoms with E-state index >= 15 is 0 Å². The average Bonchev–Trinajstić information content (AvgIpc) is 2.30. The van der Waals surface area contributed by atoms with E-state index in [0.717, 1.165) is 37.6 Å². The Morgan fingerprint density at radius 2 is 2.24 bits per heavy atom. The number of nitrogens with zero attached hydrogens (tertiary/aromatic N) is 1. The summed E-state index contributed by atoms with van der Waals surface area (Å²) in [6, 6.07) is 3.97. The van der Waals surface area contributed by atoms with E-state index in [2.05, 4.69) is 10.3 Å². The molecule has 0 amide bonds. The maximum atomic E-state index is 5.65. The zero-order valence-corrected chi connectivity index (χ0v) is 10.9. The lowest BCUT2D eigenvalue weighted by Crippen LogP contribution is -2.18. The van der Waals surface area contributed by atoms with Crippen molar-refractivity contribution in [2.45, 2.75) is 32.9 Å². The number of methoxy groups -OCH3 is 1. The second kappa shape index (κ2) is 8.03. The summed E-state index contributed by atoms with van der Waals surface area (Å²) in [4.78, 5) is 4.25. The fourth-order valence-electron chi connectivity index (χ4n) is 1.45. The van der Waals surface area contributed by atoms with E-state index in [9.17, 15) is 0 Å². The van der Waals surface area contributed by atoms with Crippen LogP contribution < -0.4 is 10.1 Å². The number of nitrogens with one attached hydrogen (secondary N) is 1. The van der Waals surface area contributed by atoms with Gasteiger partial charge in [-0.2, -0.15) is 0 Å². The van der Waals surface area contributed by atoms with Crippen LogP contribution in [-0.2, 0) is 11.3 Å². The molecule has 1 aromatic rings. The van der Waals surface area contributed by atoms with E-state index in [4.69, 9.17) is 9.47 Å². The van der Waals surface area contributed by atoms with Crippen LogP contribution in [0, 0.1) is 0 Å². The Balaban J connectivity index is 2.40.